The van der Waals surface area contributed by atoms with Crippen LogP contribution in [0.5, 0.6) is 5.75 Å². The molecule has 0 fully saturated rings. The summed E-state index contributed by atoms with van der Waals surface area (Å²) in [5.74, 6) is -1.00. The maximum absolute atomic E-state index is 13.1. The van der Waals surface area contributed by atoms with E-state index in [1.54, 1.807) is 6.07 Å². The Kier molecular flexibility index (Phi) is 3.39. The molecule has 5 nitrogen and oxygen atoms in total. The third kappa shape index (κ3) is 2.31. The van der Waals surface area contributed by atoms with E-state index in [2.05, 4.69) is 5.10 Å². The van der Waals surface area contributed by atoms with Gasteiger partial charge in [0.25, 0.3) is 5.91 Å². The van der Waals surface area contributed by atoms with Crippen LogP contribution in [0.25, 0.3) is 5.69 Å². The lowest BCUT2D eigenvalue weighted by atomic mass is 10.2. The normalized spacial score (nSPS) is 11.4. The maximum Gasteiger partial charge on any atom is 0.434 e. The Labute approximate surface area is 111 Å². The average Bonchev–Trinajstić information content (AvgIpc) is 2.83. The van der Waals surface area contributed by atoms with Gasteiger partial charge in [-0.05, 0) is 12.1 Å². The van der Waals surface area contributed by atoms with Crippen LogP contribution in [-0.4, -0.2) is 22.8 Å². The second-order valence-electron chi connectivity index (χ2n) is 3.85. The number of para-hydroxylation sites is 2. The topological polar surface area (TPSA) is 70.1 Å². The third-order valence-electron chi connectivity index (χ3n) is 2.62. The molecule has 0 saturated heterocycles. The van der Waals surface area contributed by atoms with Crippen LogP contribution in [0.15, 0.2) is 30.5 Å². The van der Waals surface area contributed by atoms with E-state index in [0.717, 1.165) is 6.20 Å². The van der Waals surface area contributed by atoms with E-state index in [-0.39, 0.29) is 11.4 Å². The lowest BCUT2D eigenvalue weighted by Crippen LogP contribution is -2.21. The number of amides is 1. The standard InChI is InChI=1S/C12H10F3N3O2/c1-20-9-5-3-2-4-8(9)18-10(12(13,14)15)7(6-17-18)11(16)19/h2-6H,1H3,(H2,16,19). The third-order valence-corrected chi connectivity index (χ3v) is 2.62. The maximum atomic E-state index is 13.1. The van der Waals surface area contributed by atoms with Gasteiger partial charge >= 0.3 is 6.18 Å². The first-order valence-electron chi connectivity index (χ1n) is 5.44. The van der Waals surface area contributed by atoms with E-state index in [9.17, 15) is 18.0 Å². The molecule has 0 unspecified atom stereocenters. The molecule has 1 amide bonds. The lowest BCUT2D eigenvalue weighted by molar-refractivity contribution is -0.143. The van der Waals surface area contributed by atoms with Crippen LogP contribution >= 0.6 is 0 Å². The van der Waals surface area contributed by atoms with Gasteiger partial charge in [-0.15, -0.1) is 0 Å². The fourth-order valence-electron chi connectivity index (χ4n) is 1.79. The van der Waals surface area contributed by atoms with Gasteiger partial charge in [-0.1, -0.05) is 12.1 Å². The molecular weight excluding hydrogens is 275 g/mol. The molecule has 2 N–H and O–H groups in total. The largest absolute Gasteiger partial charge is 0.494 e. The summed E-state index contributed by atoms with van der Waals surface area (Å²) in [5, 5.41) is 3.60. The summed E-state index contributed by atoms with van der Waals surface area (Å²) < 4.78 is 44.9. The van der Waals surface area contributed by atoms with Crippen molar-refractivity contribution in [1.82, 2.24) is 9.78 Å². The number of methoxy groups -OCH3 is 1. The second-order valence-corrected chi connectivity index (χ2v) is 3.85. The zero-order valence-electron chi connectivity index (χ0n) is 10.3. The first-order chi connectivity index (χ1) is 9.36. The minimum absolute atomic E-state index is 0.0647. The number of benzene rings is 1. The molecule has 0 aliphatic carbocycles. The van der Waals surface area contributed by atoms with Crippen molar-refractivity contribution >= 4 is 5.91 Å². The number of hydrogen-bond donors (Lipinski definition) is 1. The molecule has 0 bridgehead atoms. The summed E-state index contributed by atoms with van der Waals surface area (Å²) in [7, 11) is 1.32. The van der Waals surface area contributed by atoms with Gasteiger partial charge in [0, 0.05) is 0 Å². The van der Waals surface area contributed by atoms with Crippen molar-refractivity contribution in [2.45, 2.75) is 6.18 Å². The zero-order valence-corrected chi connectivity index (χ0v) is 10.3. The highest BCUT2D eigenvalue weighted by Crippen LogP contribution is 2.35. The number of halogens is 3. The fourth-order valence-corrected chi connectivity index (χ4v) is 1.79. The number of carbonyl (C=O) groups excluding carboxylic acids is 1. The molecule has 0 atom stereocenters. The molecule has 0 saturated carbocycles. The van der Waals surface area contributed by atoms with Gasteiger partial charge in [-0.2, -0.15) is 18.3 Å². The number of nitrogens with two attached hydrogens (primary N) is 1. The number of carbonyl (C=O) groups is 1. The number of ether oxygens (including phenoxy) is 1. The highest BCUT2D eigenvalue weighted by atomic mass is 19.4. The lowest BCUT2D eigenvalue weighted by Gasteiger charge is -2.14. The Balaban J connectivity index is 2.72. The molecule has 0 aliphatic heterocycles. The molecule has 0 radical (unpaired) electrons. The van der Waals surface area contributed by atoms with E-state index in [1.807, 2.05) is 0 Å². The summed E-state index contributed by atoms with van der Waals surface area (Å²) in [5.41, 5.74) is 3.10. The first-order valence-corrected chi connectivity index (χ1v) is 5.44. The van der Waals surface area contributed by atoms with Crippen LogP contribution in [0.2, 0.25) is 0 Å². The van der Waals surface area contributed by atoms with E-state index < -0.39 is 23.3 Å². The zero-order chi connectivity index (χ0) is 14.9. The average molecular weight is 285 g/mol. The Morgan fingerprint density at radius 2 is 2.00 bits per heavy atom. The minimum atomic E-state index is -4.78. The van der Waals surface area contributed by atoms with Gasteiger partial charge in [-0.25, -0.2) is 4.68 Å². The molecule has 20 heavy (non-hydrogen) atoms. The van der Waals surface area contributed by atoms with Gasteiger partial charge in [0.15, 0.2) is 5.69 Å². The minimum Gasteiger partial charge on any atom is -0.494 e. The number of nitrogens with zero attached hydrogens (tertiary/aromatic N) is 2. The van der Waals surface area contributed by atoms with Crippen molar-refractivity contribution in [3.05, 3.63) is 41.7 Å². The predicted octanol–water partition coefficient (Wildman–Crippen LogP) is 2.00. The van der Waals surface area contributed by atoms with Crippen LogP contribution in [0.4, 0.5) is 13.2 Å². The molecule has 1 aromatic carbocycles. The number of alkyl halides is 3. The van der Waals surface area contributed by atoms with E-state index >= 15 is 0 Å². The Morgan fingerprint density at radius 1 is 1.35 bits per heavy atom. The van der Waals surface area contributed by atoms with Crippen LogP contribution in [0.1, 0.15) is 16.1 Å². The molecule has 106 valence electrons. The summed E-state index contributed by atoms with van der Waals surface area (Å²) >= 11 is 0. The van der Waals surface area contributed by atoms with Gasteiger partial charge in [0.1, 0.15) is 11.4 Å². The molecule has 1 heterocycles. The molecule has 1 aromatic heterocycles. The molecule has 0 spiro atoms. The highest BCUT2D eigenvalue weighted by molar-refractivity contribution is 5.94. The fraction of sp³-hybridized carbons (Fsp3) is 0.167. The Hall–Kier alpha value is -2.51. The number of rotatable bonds is 3. The molecular formula is C12H10F3N3O2. The second kappa shape index (κ2) is 4.87. The summed E-state index contributed by atoms with van der Waals surface area (Å²) in [6, 6.07) is 6.02. The van der Waals surface area contributed by atoms with Crippen molar-refractivity contribution in [1.29, 1.82) is 0 Å². The van der Waals surface area contributed by atoms with Crippen LogP contribution in [0.3, 0.4) is 0 Å². The van der Waals surface area contributed by atoms with Crippen molar-refractivity contribution in [3.8, 4) is 11.4 Å². The number of hydrogen-bond acceptors (Lipinski definition) is 3. The van der Waals surface area contributed by atoms with E-state index in [4.69, 9.17) is 10.5 Å². The number of aromatic nitrogens is 2. The summed E-state index contributed by atoms with van der Waals surface area (Å²) in [6.07, 6.45) is -3.99. The van der Waals surface area contributed by atoms with Gasteiger partial charge in [-0.3, -0.25) is 4.79 Å². The van der Waals surface area contributed by atoms with Gasteiger partial charge in [0.05, 0.1) is 18.9 Å². The molecule has 0 aliphatic rings. The van der Waals surface area contributed by atoms with Crippen molar-refractivity contribution < 1.29 is 22.7 Å². The molecule has 2 rings (SSSR count). The Morgan fingerprint density at radius 3 is 2.55 bits per heavy atom. The van der Waals surface area contributed by atoms with Gasteiger partial charge < -0.3 is 10.5 Å². The molecule has 8 heteroatoms. The monoisotopic (exact) mass is 285 g/mol. The Bertz CT molecular complexity index is 650. The highest BCUT2D eigenvalue weighted by Gasteiger charge is 2.40. The van der Waals surface area contributed by atoms with E-state index in [1.165, 1.54) is 25.3 Å². The van der Waals surface area contributed by atoms with Gasteiger partial charge in [0.2, 0.25) is 0 Å². The van der Waals surface area contributed by atoms with Crippen LogP contribution in [0, 0.1) is 0 Å². The first kappa shape index (κ1) is 13.9. The van der Waals surface area contributed by atoms with Crippen molar-refractivity contribution in [3.63, 3.8) is 0 Å². The predicted molar refractivity (Wildman–Crippen MR) is 63.6 cm³/mol. The van der Waals surface area contributed by atoms with E-state index in [0.29, 0.717) is 4.68 Å². The molecule has 2 aromatic rings. The quantitative estimate of drug-likeness (QED) is 0.937. The van der Waals surface area contributed by atoms with Crippen molar-refractivity contribution in [2.24, 2.45) is 5.73 Å². The summed E-state index contributed by atoms with van der Waals surface area (Å²) in [4.78, 5) is 11.1. The van der Waals surface area contributed by atoms with Crippen LogP contribution in [-0.2, 0) is 6.18 Å². The SMILES string of the molecule is COc1ccccc1-n1ncc(C(N)=O)c1C(F)(F)F. The number of primary amides is 1. The van der Waals surface area contributed by atoms with Crippen LogP contribution < -0.4 is 10.5 Å². The summed E-state index contributed by atoms with van der Waals surface area (Å²) in [6.45, 7) is 0. The van der Waals surface area contributed by atoms with Crippen molar-refractivity contribution in [2.75, 3.05) is 7.11 Å². The smallest absolute Gasteiger partial charge is 0.434 e.